The Kier molecular flexibility index (Phi) is 15.9. The molecule has 20 heteroatoms. The molecule has 10 rings (SSSR count). The van der Waals surface area contributed by atoms with Gasteiger partial charge in [0.2, 0.25) is 11.8 Å². The molecule has 0 spiro atoms. The molecule has 2 aromatic heterocycles. The fourth-order valence-corrected chi connectivity index (χ4v) is 9.68. The minimum absolute atomic E-state index is 0.0584. The van der Waals surface area contributed by atoms with Crippen LogP contribution in [0.25, 0.3) is 11.4 Å². The Morgan fingerprint density at radius 1 is 0.526 bits per heavy atom. The fraction of sp³-hybridized carbons (Fsp3) is 0.357. The average molecular weight is 1040 g/mol. The van der Waals surface area contributed by atoms with E-state index in [-0.39, 0.29) is 59.6 Å². The van der Waals surface area contributed by atoms with E-state index in [1.165, 1.54) is 16.3 Å². The molecular weight excluding hydrogens is 977 g/mol. The molecule has 6 aromatic rings. The molecule has 4 aliphatic heterocycles. The third-order valence-corrected chi connectivity index (χ3v) is 13.7. The van der Waals surface area contributed by atoms with Crippen molar-refractivity contribution in [3.8, 4) is 22.9 Å². The lowest BCUT2D eigenvalue weighted by Crippen LogP contribution is -2.39. The molecule has 2 saturated heterocycles. The first kappa shape index (κ1) is 52.5. The second-order valence-corrected chi connectivity index (χ2v) is 18.9. The summed E-state index contributed by atoms with van der Waals surface area (Å²) in [5, 5.41) is 27.8. The van der Waals surface area contributed by atoms with Gasteiger partial charge in [-0.1, -0.05) is 0 Å². The van der Waals surface area contributed by atoms with E-state index in [0.29, 0.717) is 97.2 Å². The van der Waals surface area contributed by atoms with Gasteiger partial charge in [-0.15, -0.1) is 0 Å². The van der Waals surface area contributed by atoms with Gasteiger partial charge in [-0.25, -0.2) is 19.0 Å². The monoisotopic (exact) mass is 1040 g/mol. The van der Waals surface area contributed by atoms with Gasteiger partial charge in [-0.3, -0.25) is 19.2 Å². The molecule has 396 valence electrons. The first-order chi connectivity index (χ1) is 36.8. The Morgan fingerprint density at radius 3 is 1.28 bits per heavy atom. The van der Waals surface area contributed by atoms with Gasteiger partial charge < -0.3 is 48.8 Å². The molecule has 2 N–H and O–H groups in total. The van der Waals surface area contributed by atoms with Crippen LogP contribution in [0.1, 0.15) is 105 Å². The van der Waals surface area contributed by atoms with Crippen molar-refractivity contribution in [1.82, 2.24) is 19.6 Å². The van der Waals surface area contributed by atoms with E-state index >= 15 is 0 Å². The molecule has 0 saturated carbocycles. The molecule has 2 unspecified atom stereocenters. The highest BCUT2D eigenvalue weighted by molar-refractivity contribution is 6.10. The maximum absolute atomic E-state index is 13.9. The van der Waals surface area contributed by atoms with Gasteiger partial charge in [0.05, 0.1) is 38.3 Å². The van der Waals surface area contributed by atoms with Gasteiger partial charge >= 0.3 is 11.9 Å². The van der Waals surface area contributed by atoms with Crippen molar-refractivity contribution in [3.63, 3.8) is 0 Å². The van der Waals surface area contributed by atoms with E-state index in [4.69, 9.17) is 18.9 Å². The van der Waals surface area contributed by atoms with Gasteiger partial charge in [0.15, 0.2) is 11.4 Å². The number of amides is 4. The maximum Gasteiger partial charge on any atom is 0.359 e. The second-order valence-electron chi connectivity index (χ2n) is 18.9. The van der Waals surface area contributed by atoms with Crippen molar-refractivity contribution in [2.45, 2.75) is 77.4 Å². The number of aliphatic hydroxyl groups excluding tert-OH is 2. The van der Waals surface area contributed by atoms with Crippen LogP contribution in [-0.2, 0) is 31.9 Å². The standard InChI is InChI=1S/2C28H30N4O6/c1-18(33)17-38-28(36)25-23-14-16-31(20-8-6-19(7-9-20)30-15-4-3-5-24(30)34)27(35)26(23)32(29-25)21-10-12-22(37-2)13-11-21;1-18(17-33)38-28(36)25-23-14-16-31(20-8-6-19(7-9-20)30-15-4-3-5-24(30)34)27(35)26(23)32(29-25)21-10-12-22(37-2)13-11-21/h2*6-13,18,33H,3-5,14-17H2,1-2H3. The second kappa shape index (κ2) is 23.0. The van der Waals surface area contributed by atoms with Crippen LogP contribution in [0, 0.1) is 0 Å². The zero-order chi connectivity index (χ0) is 53.6. The Labute approximate surface area is 438 Å². The van der Waals surface area contributed by atoms with Crippen LogP contribution < -0.4 is 29.1 Å². The Hall–Kier alpha value is -8.36. The van der Waals surface area contributed by atoms with E-state index in [9.17, 15) is 39.0 Å². The number of ether oxygens (including phenoxy) is 4. The molecule has 0 bridgehead atoms. The third kappa shape index (κ3) is 10.9. The average Bonchev–Trinajstić information content (AvgIpc) is 4.06. The number of esters is 2. The predicted octanol–water partition coefficient (Wildman–Crippen LogP) is 6.28. The molecule has 0 radical (unpaired) electrons. The summed E-state index contributed by atoms with van der Waals surface area (Å²) in [5.41, 5.74) is 5.87. The Balaban J connectivity index is 0.000000186. The van der Waals surface area contributed by atoms with Crippen LogP contribution in [0.4, 0.5) is 22.7 Å². The van der Waals surface area contributed by atoms with Gasteiger partial charge in [0.25, 0.3) is 11.8 Å². The van der Waals surface area contributed by atoms with Crippen LogP contribution in [0.15, 0.2) is 97.1 Å². The molecule has 0 aliphatic carbocycles. The summed E-state index contributed by atoms with van der Waals surface area (Å²) in [4.78, 5) is 85.0. The molecule has 2 fully saturated rings. The highest BCUT2D eigenvalue weighted by Gasteiger charge is 2.38. The molecule has 4 aromatic carbocycles. The zero-order valence-electron chi connectivity index (χ0n) is 42.8. The van der Waals surface area contributed by atoms with Crippen molar-refractivity contribution in [1.29, 1.82) is 0 Å². The zero-order valence-corrected chi connectivity index (χ0v) is 42.8. The first-order valence-electron chi connectivity index (χ1n) is 25.4. The summed E-state index contributed by atoms with van der Waals surface area (Å²) in [6.07, 6.45) is 4.12. The van der Waals surface area contributed by atoms with E-state index in [0.717, 1.165) is 37.1 Å². The highest BCUT2D eigenvalue weighted by atomic mass is 16.6. The van der Waals surface area contributed by atoms with E-state index in [2.05, 4.69) is 10.2 Å². The molecule has 76 heavy (non-hydrogen) atoms. The number of fused-ring (bicyclic) bond motifs is 2. The molecule has 4 aliphatic rings. The number of benzene rings is 4. The summed E-state index contributed by atoms with van der Waals surface area (Å²) in [7, 11) is 3.13. The first-order valence-corrected chi connectivity index (χ1v) is 25.4. The Morgan fingerprint density at radius 2 is 0.908 bits per heavy atom. The van der Waals surface area contributed by atoms with Crippen LogP contribution in [0.2, 0.25) is 0 Å². The van der Waals surface area contributed by atoms with E-state index < -0.39 is 24.1 Å². The lowest BCUT2D eigenvalue weighted by atomic mass is 10.0. The third-order valence-electron chi connectivity index (χ3n) is 13.7. The topological polar surface area (TPSA) is 228 Å². The summed E-state index contributed by atoms with van der Waals surface area (Å²) >= 11 is 0. The lowest BCUT2D eigenvalue weighted by Gasteiger charge is -2.29. The fourth-order valence-electron chi connectivity index (χ4n) is 9.68. The summed E-state index contributed by atoms with van der Waals surface area (Å²) < 4.78 is 24.0. The molecular formula is C56H60N8O12. The molecule has 6 heterocycles. The lowest BCUT2D eigenvalue weighted by molar-refractivity contribution is -0.120. The number of aliphatic hydroxyl groups is 2. The number of carbonyl (C=O) groups excluding carboxylic acids is 6. The number of anilines is 4. The minimum Gasteiger partial charge on any atom is -0.497 e. The number of piperidine rings is 2. The normalized spacial score (nSPS) is 16.3. The summed E-state index contributed by atoms with van der Waals surface area (Å²) in [5.74, 6) is -0.463. The van der Waals surface area contributed by atoms with Crippen LogP contribution >= 0.6 is 0 Å². The molecule has 20 nitrogen and oxygen atoms in total. The van der Waals surface area contributed by atoms with Crippen molar-refractivity contribution in [2.75, 3.05) is 73.2 Å². The molecule has 4 amide bonds. The smallest absolute Gasteiger partial charge is 0.359 e. The molecule has 2 atom stereocenters. The predicted molar refractivity (Wildman–Crippen MR) is 280 cm³/mol. The number of nitrogens with zero attached hydrogens (tertiary/aromatic N) is 8. The Bertz CT molecular complexity index is 3110. The van der Waals surface area contributed by atoms with Crippen molar-refractivity contribution in [3.05, 3.63) is 131 Å². The SMILES string of the molecule is COc1ccc(-n2nc(C(=O)OC(C)CO)c3c2C(=O)N(c2ccc(N4CCCCC4=O)cc2)CC3)cc1.COc1ccc(-n2nc(C(=O)OCC(C)O)c3c2C(=O)N(c2ccc(N4CCCCC4=O)cc2)CC3)cc1. The number of hydrogen-bond acceptors (Lipinski definition) is 14. The van der Waals surface area contributed by atoms with E-state index in [1.807, 2.05) is 48.5 Å². The van der Waals surface area contributed by atoms with Crippen LogP contribution in [-0.4, -0.2) is 131 Å². The van der Waals surface area contributed by atoms with Crippen molar-refractivity contribution >= 4 is 58.3 Å². The van der Waals surface area contributed by atoms with Gasteiger partial charge in [0, 0.05) is 72.9 Å². The summed E-state index contributed by atoms with van der Waals surface area (Å²) in [6, 6.07) is 28.8. The summed E-state index contributed by atoms with van der Waals surface area (Å²) in [6.45, 7) is 4.69. The number of aromatic nitrogens is 4. The number of rotatable bonds is 14. The van der Waals surface area contributed by atoms with Gasteiger partial charge in [-0.05, 0) is 149 Å². The van der Waals surface area contributed by atoms with Crippen molar-refractivity contribution < 1.29 is 57.9 Å². The van der Waals surface area contributed by atoms with Crippen LogP contribution in [0.3, 0.4) is 0 Å². The largest absolute Gasteiger partial charge is 0.497 e. The maximum atomic E-state index is 13.9. The van der Waals surface area contributed by atoms with Gasteiger partial charge in [0.1, 0.15) is 35.6 Å². The quantitative estimate of drug-likeness (QED) is 0.115. The van der Waals surface area contributed by atoms with E-state index in [1.54, 1.807) is 89.3 Å². The number of hydrogen-bond donors (Lipinski definition) is 2. The number of methoxy groups -OCH3 is 2. The van der Waals surface area contributed by atoms with Crippen molar-refractivity contribution in [2.24, 2.45) is 0 Å². The van der Waals surface area contributed by atoms with Gasteiger partial charge in [-0.2, -0.15) is 10.2 Å². The minimum atomic E-state index is -0.821. The highest BCUT2D eigenvalue weighted by Crippen LogP contribution is 2.34. The number of carbonyl (C=O) groups is 6. The van der Waals surface area contributed by atoms with Crippen LogP contribution in [0.5, 0.6) is 11.5 Å².